The van der Waals surface area contributed by atoms with E-state index in [1.807, 2.05) is 75.4 Å². The second kappa shape index (κ2) is 11.0. The van der Waals surface area contributed by atoms with Crippen molar-refractivity contribution in [2.75, 3.05) is 12.4 Å². The summed E-state index contributed by atoms with van der Waals surface area (Å²) in [5.41, 5.74) is 5.77. The molecule has 0 bridgehead atoms. The zero-order valence-corrected chi connectivity index (χ0v) is 21.2. The van der Waals surface area contributed by atoms with Crippen LogP contribution in [0.5, 0.6) is 11.5 Å². The number of hydrogen-bond donors (Lipinski definition) is 1. The van der Waals surface area contributed by atoms with Crippen molar-refractivity contribution >= 4 is 40.3 Å². The highest BCUT2D eigenvalue weighted by molar-refractivity contribution is 14.1. The maximum absolute atomic E-state index is 12.7. The van der Waals surface area contributed by atoms with Crippen molar-refractivity contribution < 1.29 is 14.3 Å². The Bertz CT molecular complexity index is 1240. The molecule has 1 amide bonds. The van der Waals surface area contributed by atoms with Crippen molar-refractivity contribution in [1.82, 2.24) is 0 Å². The Labute approximate surface area is 208 Å². The molecule has 0 atom stereocenters. The summed E-state index contributed by atoms with van der Waals surface area (Å²) >= 11 is 2.17. The van der Waals surface area contributed by atoms with Crippen molar-refractivity contribution in [2.24, 2.45) is 0 Å². The lowest BCUT2D eigenvalue weighted by Crippen LogP contribution is -2.13. The van der Waals surface area contributed by atoms with Crippen LogP contribution in [0.4, 0.5) is 5.69 Å². The fourth-order valence-electron chi connectivity index (χ4n) is 3.14. The predicted octanol–water partition coefficient (Wildman–Crippen LogP) is 6.35. The predicted molar refractivity (Wildman–Crippen MR) is 139 cm³/mol. The maximum atomic E-state index is 12.7. The van der Waals surface area contributed by atoms with E-state index in [1.54, 1.807) is 19.3 Å². The Morgan fingerprint density at radius 2 is 1.79 bits per heavy atom. The van der Waals surface area contributed by atoms with Gasteiger partial charge in [-0.1, -0.05) is 35.9 Å². The molecule has 0 aliphatic carbocycles. The standard InChI is InChI=1S/C27H25IN2O3/c1-17-5-8-20(9-6-17)16-33-26-24(28)13-21(14-25(26)32-4)12-22(15-29)27(31)30-23-10-7-18(2)19(3)11-23/h5-14H,16H2,1-4H3,(H,30,31)/b22-12+. The van der Waals surface area contributed by atoms with E-state index in [4.69, 9.17) is 9.47 Å². The molecule has 0 aromatic heterocycles. The molecule has 3 aromatic carbocycles. The van der Waals surface area contributed by atoms with E-state index in [9.17, 15) is 10.1 Å². The molecular formula is C27H25IN2O3. The molecule has 1 N–H and O–H groups in total. The Hall–Kier alpha value is -3.31. The number of nitriles is 1. The Morgan fingerprint density at radius 3 is 2.42 bits per heavy atom. The Balaban J connectivity index is 1.81. The summed E-state index contributed by atoms with van der Waals surface area (Å²) in [4.78, 5) is 12.7. The summed E-state index contributed by atoms with van der Waals surface area (Å²) in [7, 11) is 1.56. The van der Waals surface area contributed by atoms with Gasteiger partial charge in [0, 0.05) is 5.69 Å². The van der Waals surface area contributed by atoms with Gasteiger partial charge >= 0.3 is 0 Å². The van der Waals surface area contributed by atoms with Crippen molar-refractivity contribution in [3.05, 3.63) is 91.6 Å². The van der Waals surface area contributed by atoms with Crippen LogP contribution < -0.4 is 14.8 Å². The van der Waals surface area contributed by atoms with Gasteiger partial charge in [0.1, 0.15) is 18.2 Å². The quantitative estimate of drug-likeness (QED) is 0.211. The lowest BCUT2D eigenvalue weighted by Gasteiger charge is -2.14. The molecule has 0 aliphatic heterocycles. The lowest BCUT2D eigenvalue weighted by atomic mass is 10.1. The lowest BCUT2D eigenvalue weighted by molar-refractivity contribution is -0.112. The van der Waals surface area contributed by atoms with Crippen molar-refractivity contribution in [1.29, 1.82) is 5.26 Å². The van der Waals surface area contributed by atoms with Crippen LogP contribution in [0.1, 0.15) is 27.8 Å². The maximum Gasteiger partial charge on any atom is 0.266 e. The largest absolute Gasteiger partial charge is 0.493 e. The molecule has 3 aromatic rings. The first-order valence-corrected chi connectivity index (χ1v) is 11.4. The van der Waals surface area contributed by atoms with Crippen molar-refractivity contribution in [3.8, 4) is 17.6 Å². The van der Waals surface area contributed by atoms with Crippen LogP contribution in [-0.2, 0) is 11.4 Å². The van der Waals surface area contributed by atoms with Gasteiger partial charge in [0.25, 0.3) is 5.91 Å². The SMILES string of the molecule is COc1cc(/C=C(\C#N)C(=O)Nc2ccc(C)c(C)c2)cc(I)c1OCc1ccc(C)cc1. The first-order chi connectivity index (χ1) is 15.8. The molecule has 0 aliphatic rings. The van der Waals surface area contributed by atoms with Crippen LogP contribution in [0.25, 0.3) is 6.08 Å². The zero-order chi connectivity index (χ0) is 24.0. The zero-order valence-electron chi connectivity index (χ0n) is 19.0. The third kappa shape index (κ3) is 6.36. The van der Waals surface area contributed by atoms with E-state index >= 15 is 0 Å². The summed E-state index contributed by atoms with van der Waals surface area (Å²) in [5.74, 6) is 0.690. The Kier molecular flexibility index (Phi) is 8.12. The minimum atomic E-state index is -0.463. The van der Waals surface area contributed by atoms with E-state index in [-0.39, 0.29) is 5.57 Å². The van der Waals surface area contributed by atoms with E-state index in [1.165, 1.54) is 5.56 Å². The molecule has 33 heavy (non-hydrogen) atoms. The third-order valence-corrected chi connectivity index (χ3v) is 6.00. The molecule has 6 heteroatoms. The first-order valence-electron chi connectivity index (χ1n) is 10.4. The average Bonchev–Trinajstić information content (AvgIpc) is 2.79. The van der Waals surface area contributed by atoms with Crippen LogP contribution >= 0.6 is 22.6 Å². The number of carbonyl (C=O) groups is 1. The van der Waals surface area contributed by atoms with Gasteiger partial charge in [-0.15, -0.1) is 0 Å². The highest BCUT2D eigenvalue weighted by atomic mass is 127. The van der Waals surface area contributed by atoms with E-state index in [0.29, 0.717) is 29.4 Å². The molecule has 0 saturated heterocycles. The second-order valence-corrected chi connectivity index (χ2v) is 8.89. The molecule has 3 rings (SSSR count). The molecule has 0 saturated carbocycles. The van der Waals surface area contributed by atoms with Gasteiger partial charge < -0.3 is 14.8 Å². The number of hydrogen-bond acceptors (Lipinski definition) is 4. The number of nitrogens with zero attached hydrogens (tertiary/aromatic N) is 1. The highest BCUT2D eigenvalue weighted by Gasteiger charge is 2.14. The van der Waals surface area contributed by atoms with Crippen LogP contribution in [0.3, 0.4) is 0 Å². The van der Waals surface area contributed by atoms with Gasteiger partial charge in [-0.2, -0.15) is 5.26 Å². The van der Waals surface area contributed by atoms with E-state index in [0.717, 1.165) is 20.3 Å². The average molecular weight is 552 g/mol. The molecule has 0 spiro atoms. The molecule has 0 unspecified atom stereocenters. The topological polar surface area (TPSA) is 71.3 Å². The number of aryl methyl sites for hydroxylation is 3. The minimum absolute atomic E-state index is 0.000551. The van der Waals surface area contributed by atoms with Crippen LogP contribution in [0.15, 0.2) is 60.2 Å². The summed E-state index contributed by atoms with van der Waals surface area (Å²) < 4.78 is 12.4. The van der Waals surface area contributed by atoms with Crippen molar-refractivity contribution in [2.45, 2.75) is 27.4 Å². The molecule has 0 fully saturated rings. The van der Waals surface area contributed by atoms with Crippen LogP contribution in [0, 0.1) is 35.7 Å². The molecular weight excluding hydrogens is 527 g/mol. The third-order valence-electron chi connectivity index (χ3n) is 5.20. The van der Waals surface area contributed by atoms with Gasteiger partial charge in [-0.05, 0) is 96.0 Å². The number of halogens is 1. The fraction of sp³-hybridized carbons (Fsp3) is 0.185. The van der Waals surface area contributed by atoms with Gasteiger partial charge in [0.15, 0.2) is 11.5 Å². The smallest absolute Gasteiger partial charge is 0.266 e. The normalized spacial score (nSPS) is 11.0. The second-order valence-electron chi connectivity index (χ2n) is 7.73. The summed E-state index contributed by atoms with van der Waals surface area (Å²) in [6.07, 6.45) is 1.55. The van der Waals surface area contributed by atoms with Gasteiger partial charge in [0.05, 0.1) is 10.7 Å². The number of nitrogens with one attached hydrogen (secondary N) is 1. The highest BCUT2D eigenvalue weighted by Crippen LogP contribution is 2.35. The van der Waals surface area contributed by atoms with Gasteiger partial charge in [-0.3, -0.25) is 4.79 Å². The van der Waals surface area contributed by atoms with E-state index in [2.05, 4.69) is 27.9 Å². The number of methoxy groups -OCH3 is 1. The van der Waals surface area contributed by atoms with E-state index < -0.39 is 5.91 Å². The van der Waals surface area contributed by atoms with Gasteiger partial charge in [-0.25, -0.2) is 0 Å². The molecule has 168 valence electrons. The molecule has 5 nitrogen and oxygen atoms in total. The monoisotopic (exact) mass is 552 g/mol. The first kappa shape index (κ1) is 24.3. The summed E-state index contributed by atoms with van der Waals surface area (Å²) in [6.45, 7) is 6.43. The summed E-state index contributed by atoms with van der Waals surface area (Å²) in [6, 6.07) is 19.4. The number of amides is 1. The number of carbonyl (C=O) groups excluding carboxylic acids is 1. The minimum Gasteiger partial charge on any atom is -0.493 e. The number of anilines is 1. The van der Waals surface area contributed by atoms with Gasteiger partial charge in [0.2, 0.25) is 0 Å². The fourth-order valence-corrected chi connectivity index (χ4v) is 3.92. The molecule has 0 radical (unpaired) electrons. The molecule has 0 heterocycles. The Morgan fingerprint density at radius 1 is 1.06 bits per heavy atom. The van der Waals surface area contributed by atoms with Crippen LogP contribution in [0.2, 0.25) is 0 Å². The number of benzene rings is 3. The number of rotatable bonds is 7. The number of ether oxygens (including phenoxy) is 2. The van der Waals surface area contributed by atoms with Crippen molar-refractivity contribution in [3.63, 3.8) is 0 Å². The summed E-state index contributed by atoms with van der Waals surface area (Å²) in [5, 5.41) is 12.4. The van der Waals surface area contributed by atoms with Crippen LogP contribution in [-0.4, -0.2) is 13.0 Å².